The number of esters is 2. The van der Waals surface area contributed by atoms with E-state index in [9.17, 15) is 19.0 Å². The monoisotopic (exact) mass is 838 g/mol. The third-order valence-electron chi connectivity index (χ3n) is 9.82. The van der Waals surface area contributed by atoms with Gasteiger partial charge in [-0.05, 0) is 77.0 Å². The lowest BCUT2D eigenvalue weighted by Gasteiger charge is -2.28. The van der Waals surface area contributed by atoms with Crippen LogP contribution in [0.4, 0.5) is 0 Å². The number of hydrogen-bond acceptors (Lipinski definition) is 8. The Kier molecular flexibility index (Phi) is 39.0. The second-order valence-corrected chi connectivity index (χ2v) is 18.2. The van der Waals surface area contributed by atoms with Crippen molar-refractivity contribution >= 4 is 19.8 Å². The van der Waals surface area contributed by atoms with Gasteiger partial charge in [-0.1, -0.05) is 152 Å². The summed E-state index contributed by atoms with van der Waals surface area (Å²) in [5.74, 6) is -0.852. The van der Waals surface area contributed by atoms with E-state index in [0.717, 1.165) is 70.6 Å². The van der Waals surface area contributed by atoms with Gasteiger partial charge >= 0.3 is 11.9 Å². The molecule has 0 aliphatic heterocycles. The zero-order valence-corrected chi connectivity index (χ0v) is 38.9. The minimum atomic E-state index is -4.63. The van der Waals surface area contributed by atoms with Crippen LogP contribution < -0.4 is 4.89 Å². The van der Waals surface area contributed by atoms with Gasteiger partial charge in [0.05, 0.1) is 27.7 Å². The van der Waals surface area contributed by atoms with Crippen molar-refractivity contribution in [3.8, 4) is 0 Å². The smallest absolute Gasteiger partial charge is 0.306 e. The zero-order chi connectivity index (χ0) is 42.8. The van der Waals surface area contributed by atoms with Gasteiger partial charge in [-0.3, -0.25) is 14.2 Å². The molecular formula is C48H88NO8P. The fourth-order valence-electron chi connectivity index (χ4n) is 6.13. The second-order valence-electron chi connectivity index (χ2n) is 16.8. The zero-order valence-electron chi connectivity index (χ0n) is 38.0. The van der Waals surface area contributed by atoms with E-state index in [1.54, 1.807) is 0 Å². The van der Waals surface area contributed by atoms with Crippen LogP contribution in [0.3, 0.4) is 0 Å². The number of ether oxygens (including phenoxy) is 2. The number of unbranched alkanes of at least 4 members (excludes halogenated alkanes) is 20. The Morgan fingerprint density at radius 2 is 0.931 bits per heavy atom. The summed E-state index contributed by atoms with van der Waals surface area (Å²) in [6, 6.07) is 0. The lowest BCUT2D eigenvalue weighted by Crippen LogP contribution is -2.37. The van der Waals surface area contributed by atoms with Gasteiger partial charge in [-0.15, -0.1) is 0 Å². The minimum Gasteiger partial charge on any atom is -0.756 e. The number of likely N-dealkylation sites (N-methyl/N-ethyl adjacent to an activating group) is 1. The Morgan fingerprint density at radius 1 is 0.534 bits per heavy atom. The van der Waals surface area contributed by atoms with Crippen molar-refractivity contribution in [2.24, 2.45) is 0 Å². The first-order valence-electron chi connectivity index (χ1n) is 23.3. The summed E-state index contributed by atoms with van der Waals surface area (Å²) in [5.41, 5.74) is 0. The van der Waals surface area contributed by atoms with E-state index in [0.29, 0.717) is 17.4 Å². The number of phosphoric ester groups is 1. The fourth-order valence-corrected chi connectivity index (χ4v) is 6.85. The molecule has 0 aliphatic carbocycles. The molecule has 1 unspecified atom stereocenters. The maximum Gasteiger partial charge on any atom is 0.306 e. The van der Waals surface area contributed by atoms with Gasteiger partial charge in [-0.25, -0.2) is 0 Å². The predicted molar refractivity (Wildman–Crippen MR) is 240 cm³/mol. The van der Waals surface area contributed by atoms with E-state index in [1.165, 1.54) is 89.9 Å². The topological polar surface area (TPSA) is 111 Å². The summed E-state index contributed by atoms with van der Waals surface area (Å²) in [6.45, 7) is 4.16. The van der Waals surface area contributed by atoms with E-state index in [1.807, 2.05) is 21.1 Å². The van der Waals surface area contributed by atoms with E-state index in [-0.39, 0.29) is 26.1 Å². The molecule has 9 nitrogen and oxygen atoms in total. The highest BCUT2D eigenvalue weighted by Crippen LogP contribution is 2.38. The molecule has 0 aliphatic rings. The summed E-state index contributed by atoms with van der Waals surface area (Å²) in [6.07, 6.45) is 47.0. The van der Waals surface area contributed by atoms with Crippen LogP contribution in [0.15, 0.2) is 48.6 Å². The largest absolute Gasteiger partial charge is 0.756 e. The van der Waals surface area contributed by atoms with Crippen LogP contribution in [0.25, 0.3) is 0 Å². The first-order chi connectivity index (χ1) is 28.0. The van der Waals surface area contributed by atoms with Gasteiger partial charge < -0.3 is 27.9 Å². The van der Waals surface area contributed by atoms with Crippen molar-refractivity contribution in [3.63, 3.8) is 0 Å². The molecule has 0 N–H and O–H groups in total. The number of allylic oxidation sites excluding steroid dienone is 8. The fraction of sp³-hybridized carbons (Fsp3) is 0.792. The molecule has 0 saturated carbocycles. The van der Waals surface area contributed by atoms with Crippen molar-refractivity contribution in [1.82, 2.24) is 0 Å². The first kappa shape index (κ1) is 56.0. The highest BCUT2D eigenvalue weighted by molar-refractivity contribution is 7.45. The van der Waals surface area contributed by atoms with Crippen molar-refractivity contribution in [3.05, 3.63) is 48.6 Å². The third-order valence-corrected chi connectivity index (χ3v) is 10.8. The molecule has 0 radical (unpaired) electrons. The van der Waals surface area contributed by atoms with Gasteiger partial charge in [0.2, 0.25) is 0 Å². The molecule has 0 saturated heterocycles. The Morgan fingerprint density at radius 3 is 1.36 bits per heavy atom. The Labute approximate surface area is 356 Å². The number of hydrogen-bond donors (Lipinski definition) is 0. The number of rotatable bonds is 42. The van der Waals surface area contributed by atoms with E-state index in [2.05, 4.69) is 62.5 Å². The Balaban J connectivity index is 4.35. The lowest BCUT2D eigenvalue weighted by molar-refractivity contribution is -0.870. The normalized spacial score (nSPS) is 14.0. The molecule has 2 atom stereocenters. The summed E-state index contributed by atoms with van der Waals surface area (Å²) < 4.78 is 33.9. The van der Waals surface area contributed by atoms with E-state index >= 15 is 0 Å². The second kappa shape index (κ2) is 40.4. The highest BCUT2D eigenvalue weighted by Gasteiger charge is 2.21. The highest BCUT2D eigenvalue weighted by atomic mass is 31.2. The Hall–Kier alpha value is -2.03. The number of carbonyl (C=O) groups excluding carboxylic acids is 2. The number of quaternary nitrogens is 1. The summed E-state index contributed by atoms with van der Waals surface area (Å²) in [7, 11) is 1.15. The molecule has 0 aromatic carbocycles. The van der Waals surface area contributed by atoms with Crippen LogP contribution in [0.2, 0.25) is 0 Å². The molecule has 338 valence electrons. The molecule has 10 heteroatoms. The molecule has 0 rings (SSSR count). The average Bonchev–Trinajstić information content (AvgIpc) is 3.17. The number of nitrogens with zero attached hydrogens (tertiary/aromatic N) is 1. The first-order valence-corrected chi connectivity index (χ1v) is 24.8. The van der Waals surface area contributed by atoms with Crippen LogP contribution in [0.5, 0.6) is 0 Å². The van der Waals surface area contributed by atoms with Crippen molar-refractivity contribution < 1.29 is 42.1 Å². The van der Waals surface area contributed by atoms with Gasteiger partial charge in [0.1, 0.15) is 19.8 Å². The van der Waals surface area contributed by atoms with Crippen LogP contribution >= 0.6 is 7.82 Å². The maximum atomic E-state index is 12.7. The molecule has 0 bridgehead atoms. The molecule has 0 amide bonds. The molecule has 0 aromatic heterocycles. The lowest BCUT2D eigenvalue weighted by atomic mass is 10.1. The van der Waals surface area contributed by atoms with E-state index < -0.39 is 32.5 Å². The summed E-state index contributed by atoms with van der Waals surface area (Å²) in [5, 5.41) is 0. The Bertz CT molecular complexity index is 1130. The summed E-state index contributed by atoms with van der Waals surface area (Å²) >= 11 is 0. The molecule has 0 heterocycles. The minimum absolute atomic E-state index is 0.0351. The average molecular weight is 838 g/mol. The molecule has 58 heavy (non-hydrogen) atoms. The summed E-state index contributed by atoms with van der Waals surface area (Å²) in [4.78, 5) is 37.6. The quantitative estimate of drug-likeness (QED) is 0.0196. The SMILES string of the molecule is CCCCC/C=C/C/C=C/CCCCCCCCCC(=O)OC[C@H](COP(=O)([O-])OCC[N+](C)(C)C)OC(=O)CCCCCCCCC/C=C/C/C=C/CCCCC. The van der Waals surface area contributed by atoms with Crippen LogP contribution in [-0.2, 0) is 32.7 Å². The van der Waals surface area contributed by atoms with Crippen LogP contribution in [0.1, 0.15) is 194 Å². The maximum absolute atomic E-state index is 12.7. The predicted octanol–water partition coefficient (Wildman–Crippen LogP) is 12.8. The van der Waals surface area contributed by atoms with Gasteiger partial charge in [0.25, 0.3) is 7.82 Å². The van der Waals surface area contributed by atoms with Gasteiger partial charge in [0, 0.05) is 12.8 Å². The van der Waals surface area contributed by atoms with Crippen LogP contribution in [0, 0.1) is 0 Å². The van der Waals surface area contributed by atoms with E-state index in [4.69, 9.17) is 18.5 Å². The number of carbonyl (C=O) groups is 2. The van der Waals surface area contributed by atoms with Crippen molar-refractivity contribution in [2.75, 3.05) is 47.5 Å². The molecule has 0 aromatic rings. The van der Waals surface area contributed by atoms with Crippen molar-refractivity contribution in [2.45, 2.75) is 200 Å². The van der Waals surface area contributed by atoms with Crippen molar-refractivity contribution in [1.29, 1.82) is 0 Å². The van der Waals surface area contributed by atoms with Gasteiger partial charge in [-0.2, -0.15) is 0 Å². The standard InChI is InChI=1S/C48H88NO8P/c1-6-8-10-12-14-16-18-20-22-24-26-28-30-32-34-36-38-40-47(50)54-44-46(45-56-58(52,53)55-43-42-49(3,4)5)57-48(51)41-39-37-35-33-31-29-27-25-23-21-19-17-15-13-11-9-7-2/h14-17,20-23,46H,6-13,18-19,24-45H2,1-5H3/b16-14+,17-15+,22-20+,23-21+/t46-/m1/s1. The number of phosphoric acid groups is 1. The van der Waals surface area contributed by atoms with Gasteiger partial charge in [0.15, 0.2) is 6.10 Å². The molecular weight excluding hydrogens is 750 g/mol. The molecule has 0 fully saturated rings. The molecule has 0 spiro atoms. The van der Waals surface area contributed by atoms with Crippen LogP contribution in [-0.4, -0.2) is 70.0 Å². The third kappa shape index (κ3) is 43.5.